The Labute approximate surface area is 307 Å². The first-order valence-corrected chi connectivity index (χ1v) is 16.1. The van der Waals surface area contributed by atoms with Gasteiger partial charge in [-0.2, -0.15) is 0 Å². The van der Waals surface area contributed by atoms with E-state index < -0.39 is 6.37 Å². The monoisotopic (exact) mass is 824 g/mol. The Kier molecular flexibility index (Phi) is 9.14. The molecule has 0 bridgehead atoms. The largest absolute Gasteiger partial charge is 0.557 e. The number of hydrogen-bond acceptors (Lipinski definition) is 3. The van der Waals surface area contributed by atoms with E-state index in [-0.39, 0.29) is 20.1 Å². The Bertz CT molecular complexity index is 2500. The summed E-state index contributed by atoms with van der Waals surface area (Å²) in [6, 6.07) is 58.3. The summed E-state index contributed by atoms with van der Waals surface area (Å²) in [6.45, 7) is 0. The molecule has 3 heterocycles. The summed E-state index contributed by atoms with van der Waals surface area (Å²) in [5.74, 6) is 0.694. The molecule has 0 aliphatic heterocycles. The molecule has 0 atom stereocenters. The molecular formula is C45H31IrN3O-2. The van der Waals surface area contributed by atoms with Crippen molar-refractivity contribution in [3.63, 3.8) is 0 Å². The molecule has 9 rings (SSSR count). The SMILES string of the molecule is [2H]C([2H])(c1ccccc1)c1ccc2o[c-]c(-c3nc4ccccc4n3-c3ccc(-c4ccccc4)cc3)c2c1.[Ir].[c-]1ccccc1-c1ccccn1. The van der Waals surface area contributed by atoms with E-state index in [1.54, 1.807) is 12.3 Å². The van der Waals surface area contributed by atoms with Crippen LogP contribution in [0.2, 0.25) is 0 Å². The molecule has 0 aliphatic carbocycles. The third-order valence-electron chi connectivity index (χ3n) is 8.24. The van der Waals surface area contributed by atoms with Crippen LogP contribution >= 0.6 is 0 Å². The number of rotatable bonds is 6. The van der Waals surface area contributed by atoms with E-state index in [0.717, 1.165) is 44.5 Å². The minimum absolute atomic E-state index is 0. The van der Waals surface area contributed by atoms with E-state index in [9.17, 15) is 0 Å². The molecule has 0 N–H and O–H groups in total. The first kappa shape index (κ1) is 30.2. The second-order valence-electron chi connectivity index (χ2n) is 11.4. The average Bonchev–Trinajstić information content (AvgIpc) is 3.81. The van der Waals surface area contributed by atoms with E-state index in [1.165, 1.54) is 0 Å². The van der Waals surface area contributed by atoms with Crippen LogP contribution in [0, 0.1) is 12.3 Å². The molecule has 0 unspecified atom stereocenters. The number of hydrogen-bond donors (Lipinski definition) is 0. The number of fused-ring (bicyclic) bond motifs is 2. The zero-order valence-electron chi connectivity index (χ0n) is 28.8. The van der Waals surface area contributed by atoms with Crippen LogP contribution < -0.4 is 0 Å². The number of furan rings is 1. The standard InChI is InChI=1S/C34H23N2O.C11H8N.Ir/c1-3-9-24(10-4-1)21-25-15-20-33-29(22-25)30(23-37-33)34-35-31-13-7-8-14-32(31)36(34)28-18-16-27(17-19-28)26-11-5-2-6-12-26;1-2-6-10(7-3-1)11-8-4-5-9-12-11;/h1-20,22H,21H2;1-6,8-9H;/q2*-1;/i21D2;;. The van der Waals surface area contributed by atoms with Crippen LogP contribution in [0.25, 0.3) is 61.5 Å². The van der Waals surface area contributed by atoms with Crippen LogP contribution in [0.15, 0.2) is 180 Å². The molecular weight excluding hydrogens is 791 g/mol. The number of para-hydroxylation sites is 2. The second kappa shape index (κ2) is 15.1. The van der Waals surface area contributed by atoms with Crippen LogP contribution in [0.5, 0.6) is 0 Å². The summed E-state index contributed by atoms with van der Waals surface area (Å²) in [4.78, 5) is 9.21. The van der Waals surface area contributed by atoms with Gasteiger partial charge in [-0.1, -0.05) is 132 Å². The van der Waals surface area contributed by atoms with Crippen LogP contribution in [0.3, 0.4) is 0 Å². The van der Waals surface area contributed by atoms with Crippen molar-refractivity contribution in [1.82, 2.24) is 14.5 Å². The van der Waals surface area contributed by atoms with Crippen molar-refractivity contribution in [2.24, 2.45) is 0 Å². The number of aromatic nitrogens is 3. The molecule has 6 aromatic carbocycles. The van der Waals surface area contributed by atoms with Crippen LogP contribution in [0.1, 0.15) is 13.9 Å². The van der Waals surface area contributed by atoms with Crippen LogP contribution in [-0.2, 0) is 26.5 Å². The Hall–Kier alpha value is -5.87. The van der Waals surface area contributed by atoms with Crippen LogP contribution in [-0.4, -0.2) is 14.5 Å². The van der Waals surface area contributed by atoms with Crippen molar-refractivity contribution in [2.45, 2.75) is 6.37 Å². The van der Waals surface area contributed by atoms with Gasteiger partial charge in [-0.15, -0.1) is 35.9 Å². The van der Waals surface area contributed by atoms with Gasteiger partial charge in [-0.25, -0.2) is 0 Å². The molecule has 0 amide bonds. The van der Waals surface area contributed by atoms with Crippen molar-refractivity contribution in [2.75, 3.05) is 0 Å². The van der Waals surface area contributed by atoms with Gasteiger partial charge in [0.25, 0.3) is 0 Å². The van der Waals surface area contributed by atoms with Crippen molar-refractivity contribution in [3.8, 4) is 39.5 Å². The topological polar surface area (TPSA) is 43.9 Å². The van der Waals surface area contributed by atoms with Crippen molar-refractivity contribution in [1.29, 1.82) is 0 Å². The maximum absolute atomic E-state index is 8.87. The molecule has 0 saturated heterocycles. The molecule has 3 aromatic heterocycles. The molecule has 0 spiro atoms. The van der Waals surface area contributed by atoms with Gasteiger partial charge in [0.1, 0.15) is 0 Å². The Balaban J connectivity index is 0.000000275. The summed E-state index contributed by atoms with van der Waals surface area (Å²) in [7, 11) is 0. The van der Waals surface area contributed by atoms with E-state index in [1.807, 2.05) is 121 Å². The normalized spacial score (nSPS) is 11.6. The molecule has 4 nitrogen and oxygen atoms in total. The maximum Gasteiger partial charge on any atom is 0.0774 e. The van der Waals surface area contributed by atoms with Crippen molar-refractivity contribution in [3.05, 3.63) is 200 Å². The van der Waals surface area contributed by atoms with Gasteiger partial charge in [-0.05, 0) is 59.1 Å². The predicted molar refractivity (Wildman–Crippen MR) is 198 cm³/mol. The molecule has 0 saturated carbocycles. The third-order valence-corrected chi connectivity index (χ3v) is 8.24. The maximum atomic E-state index is 8.87. The van der Waals surface area contributed by atoms with Gasteiger partial charge in [-0.3, -0.25) is 4.98 Å². The average molecular weight is 824 g/mol. The predicted octanol–water partition coefficient (Wildman–Crippen LogP) is 11.0. The van der Waals surface area contributed by atoms with E-state index in [0.29, 0.717) is 28.1 Å². The number of benzene rings is 6. The summed E-state index contributed by atoms with van der Waals surface area (Å²) >= 11 is 0. The van der Waals surface area contributed by atoms with Gasteiger partial charge in [0.2, 0.25) is 0 Å². The molecule has 0 aliphatic rings. The van der Waals surface area contributed by atoms with Gasteiger partial charge in [0.15, 0.2) is 0 Å². The number of imidazole rings is 1. The molecule has 243 valence electrons. The van der Waals surface area contributed by atoms with Crippen LogP contribution in [0.4, 0.5) is 0 Å². The Morgan fingerprint density at radius 2 is 1.38 bits per heavy atom. The summed E-state index contributed by atoms with van der Waals surface area (Å²) in [6.07, 6.45) is 3.19. The minimum Gasteiger partial charge on any atom is -0.557 e. The molecule has 9 aromatic rings. The van der Waals surface area contributed by atoms with E-state index >= 15 is 0 Å². The zero-order valence-corrected chi connectivity index (χ0v) is 29.2. The summed E-state index contributed by atoms with van der Waals surface area (Å²) < 4.78 is 25.7. The van der Waals surface area contributed by atoms with Gasteiger partial charge >= 0.3 is 0 Å². The van der Waals surface area contributed by atoms with Crippen molar-refractivity contribution < 1.29 is 27.3 Å². The quantitative estimate of drug-likeness (QED) is 0.157. The third kappa shape index (κ3) is 6.97. The molecule has 5 heteroatoms. The molecule has 1 radical (unpaired) electrons. The smallest absolute Gasteiger partial charge is 0.0774 e. The van der Waals surface area contributed by atoms with Gasteiger partial charge in [0.05, 0.1) is 16.9 Å². The van der Waals surface area contributed by atoms with Crippen molar-refractivity contribution >= 4 is 22.0 Å². The van der Waals surface area contributed by atoms with Gasteiger partial charge in [0, 0.05) is 46.6 Å². The Morgan fingerprint density at radius 3 is 2.14 bits per heavy atom. The van der Waals surface area contributed by atoms with E-state index in [4.69, 9.17) is 12.1 Å². The number of pyridine rings is 1. The fourth-order valence-corrected chi connectivity index (χ4v) is 5.87. The first-order chi connectivity index (χ1) is 25.1. The fourth-order valence-electron chi connectivity index (χ4n) is 5.87. The van der Waals surface area contributed by atoms with E-state index in [2.05, 4.69) is 64.3 Å². The summed E-state index contributed by atoms with van der Waals surface area (Å²) in [5, 5.41) is 0.768. The minimum atomic E-state index is -1.67. The second-order valence-corrected chi connectivity index (χ2v) is 11.4. The zero-order chi connectivity index (χ0) is 34.6. The number of nitrogens with zero attached hydrogens (tertiary/aromatic N) is 3. The Morgan fingerprint density at radius 1 is 0.660 bits per heavy atom. The molecule has 0 fully saturated rings. The first-order valence-electron chi connectivity index (χ1n) is 17.1. The fraction of sp³-hybridized carbons (Fsp3) is 0.0222. The van der Waals surface area contributed by atoms with Gasteiger partial charge < -0.3 is 14.0 Å². The summed E-state index contributed by atoms with van der Waals surface area (Å²) in [5.41, 5.74) is 9.59. The molecule has 50 heavy (non-hydrogen) atoms.